The monoisotopic (exact) mass is 430 g/mol. The van der Waals surface area contributed by atoms with Crippen molar-refractivity contribution >= 4 is 22.9 Å². The number of nitrogens with one attached hydrogen (secondary N) is 3. The minimum atomic E-state index is -0.0617. The fraction of sp³-hybridized carbons (Fsp3) is 0.480. The van der Waals surface area contributed by atoms with E-state index in [1.807, 2.05) is 12.3 Å². The highest BCUT2D eigenvalue weighted by Gasteiger charge is 2.41. The minimum Gasteiger partial charge on any atom is -0.350 e. The van der Waals surface area contributed by atoms with Crippen LogP contribution < -0.4 is 16.0 Å². The topological polar surface area (TPSA) is 83.9 Å². The van der Waals surface area contributed by atoms with E-state index in [9.17, 15) is 4.79 Å². The number of hydrogen-bond donors (Lipinski definition) is 3. The zero-order valence-corrected chi connectivity index (χ0v) is 18.3. The molecule has 0 radical (unpaired) electrons. The molecule has 0 bridgehead atoms. The Kier molecular flexibility index (Phi) is 4.86. The van der Waals surface area contributed by atoms with Gasteiger partial charge in [-0.3, -0.25) is 4.79 Å². The third kappa shape index (κ3) is 3.26. The molecule has 1 saturated heterocycles. The molecule has 166 valence electrons. The first-order valence-electron chi connectivity index (χ1n) is 12.0. The molecule has 3 N–H and O–H groups in total. The molecule has 7 heteroatoms. The lowest BCUT2D eigenvalue weighted by Crippen LogP contribution is -2.52. The fourth-order valence-electron chi connectivity index (χ4n) is 5.95. The van der Waals surface area contributed by atoms with Gasteiger partial charge in [0.1, 0.15) is 11.3 Å². The summed E-state index contributed by atoms with van der Waals surface area (Å²) in [5.41, 5.74) is 2.83. The molecule has 7 nitrogen and oxygen atoms in total. The summed E-state index contributed by atoms with van der Waals surface area (Å²) in [7, 11) is 0. The predicted molar refractivity (Wildman–Crippen MR) is 125 cm³/mol. The Hall–Kier alpha value is -2.93. The van der Waals surface area contributed by atoms with Gasteiger partial charge in [0.15, 0.2) is 0 Å². The van der Waals surface area contributed by atoms with Gasteiger partial charge >= 0.3 is 0 Å². The summed E-state index contributed by atoms with van der Waals surface area (Å²) in [4.78, 5) is 22.3. The molecule has 1 saturated carbocycles. The van der Waals surface area contributed by atoms with Crippen LogP contribution in [0, 0.1) is 0 Å². The van der Waals surface area contributed by atoms with Crippen molar-refractivity contribution in [3.8, 4) is 0 Å². The largest absolute Gasteiger partial charge is 0.350 e. The summed E-state index contributed by atoms with van der Waals surface area (Å²) in [6.07, 6.45) is 9.86. The molecule has 4 heterocycles. The number of fused-ring (bicyclic) bond motifs is 4. The number of piperidine rings is 1. The number of rotatable bonds is 3. The lowest BCUT2D eigenvalue weighted by atomic mass is 9.80. The van der Waals surface area contributed by atoms with Crippen LogP contribution in [0.1, 0.15) is 67.0 Å². The van der Waals surface area contributed by atoms with Gasteiger partial charge in [-0.2, -0.15) is 4.98 Å². The van der Waals surface area contributed by atoms with E-state index >= 15 is 0 Å². The number of carbonyl (C=O) groups is 1. The molecule has 1 aromatic carbocycles. The number of aromatic nitrogens is 3. The Balaban J connectivity index is 1.37. The van der Waals surface area contributed by atoms with Gasteiger partial charge in [-0.25, -0.2) is 4.98 Å². The lowest BCUT2D eigenvalue weighted by Gasteiger charge is -2.43. The molecule has 1 spiro atoms. The third-order valence-electron chi connectivity index (χ3n) is 7.54. The summed E-state index contributed by atoms with van der Waals surface area (Å²) >= 11 is 0. The van der Waals surface area contributed by atoms with Crippen molar-refractivity contribution in [1.82, 2.24) is 25.2 Å². The molecule has 2 fully saturated rings. The fourth-order valence-corrected chi connectivity index (χ4v) is 5.95. The maximum absolute atomic E-state index is 12.7. The van der Waals surface area contributed by atoms with Crippen molar-refractivity contribution in [1.29, 1.82) is 0 Å². The quantitative estimate of drug-likeness (QED) is 0.590. The van der Waals surface area contributed by atoms with Crippen molar-refractivity contribution in [3.63, 3.8) is 0 Å². The normalized spacial score (nSPS) is 24.8. The number of amides is 1. The van der Waals surface area contributed by atoms with Crippen LogP contribution in [0.4, 0.5) is 5.95 Å². The molecule has 32 heavy (non-hydrogen) atoms. The smallest absolute Gasteiger partial charge is 0.268 e. The molecule has 2 aliphatic heterocycles. The summed E-state index contributed by atoms with van der Waals surface area (Å²) in [6, 6.07) is 13.0. The zero-order chi connectivity index (χ0) is 21.5. The number of nitrogens with zero attached hydrogens (tertiary/aromatic N) is 3. The van der Waals surface area contributed by atoms with Crippen LogP contribution in [0.3, 0.4) is 0 Å². The Labute approximate surface area is 188 Å². The van der Waals surface area contributed by atoms with E-state index < -0.39 is 0 Å². The average Bonchev–Trinajstić information content (AvgIpc) is 3.24. The summed E-state index contributed by atoms with van der Waals surface area (Å²) in [5.74, 6) is 0.638. The summed E-state index contributed by atoms with van der Waals surface area (Å²) < 4.78 is 2.24. The van der Waals surface area contributed by atoms with Gasteiger partial charge in [0.25, 0.3) is 5.91 Å². The highest BCUT2D eigenvalue weighted by molar-refractivity contribution is 5.99. The average molecular weight is 431 g/mol. The van der Waals surface area contributed by atoms with Gasteiger partial charge in [-0.05, 0) is 43.9 Å². The van der Waals surface area contributed by atoms with Crippen LogP contribution in [0.15, 0.2) is 42.6 Å². The molecule has 6 rings (SSSR count). The number of hydrogen-bond acceptors (Lipinski definition) is 5. The standard InChI is InChI=1S/C25H30N6O/c32-23-20-14-18-15-27-24(29-19-10-7-13-26-21(19)17-8-3-1-4-9-17)30-22(18)31(20)25(16-28-23)11-5-2-6-12-25/h1,3-4,8-9,14-15,19,21,26H,2,5-7,10-13,16H2,(H,28,32)(H,27,29,30)/t19-,21-/m1/s1. The Bertz CT molecular complexity index is 1130. The zero-order valence-electron chi connectivity index (χ0n) is 18.3. The van der Waals surface area contributed by atoms with E-state index in [4.69, 9.17) is 4.98 Å². The maximum Gasteiger partial charge on any atom is 0.268 e. The van der Waals surface area contributed by atoms with E-state index in [1.54, 1.807) is 0 Å². The highest BCUT2D eigenvalue weighted by atomic mass is 16.2. The summed E-state index contributed by atoms with van der Waals surface area (Å²) in [6.45, 7) is 1.71. The van der Waals surface area contributed by atoms with Crippen molar-refractivity contribution in [2.45, 2.75) is 62.6 Å². The van der Waals surface area contributed by atoms with Crippen molar-refractivity contribution in [2.24, 2.45) is 0 Å². The molecular formula is C25H30N6O. The maximum atomic E-state index is 12.7. The van der Waals surface area contributed by atoms with Crippen LogP contribution in [-0.2, 0) is 5.54 Å². The number of benzene rings is 1. The van der Waals surface area contributed by atoms with Crippen LogP contribution in [0.5, 0.6) is 0 Å². The molecular weight excluding hydrogens is 400 g/mol. The molecule has 3 aliphatic rings. The predicted octanol–water partition coefficient (Wildman–Crippen LogP) is 3.74. The molecule has 2 atom stereocenters. The lowest BCUT2D eigenvalue weighted by molar-refractivity contribution is 0.0833. The van der Waals surface area contributed by atoms with E-state index in [0.29, 0.717) is 12.5 Å². The van der Waals surface area contributed by atoms with Crippen molar-refractivity contribution < 1.29 is 4.79 Å². The Morgan fingerprint density at radius 2 is 1.94 bits per heavy atom. The second kappa shape index (κ2) is 7.89. The van der Waals surface area contributed by atoms with E-state index in [1.165, 1.54) is 24.8 Å². The van der Waals surface area contributed by atoms with Gasteiger partial charge in [-0.15, -0.1) is 0 Å². The van der Waals surface area contributed by atoms with Crippen molar-refractivity contribution in [2.75, 3.05) is 18.4 Å². The van der Waals surface area contributed by atoms with Crippen LogP contribution in [-0.4, -0.2) is 39.6 Å². The second-order valence-electron chi connectivity index (χ2n) is 9.54. The van der Waals surface area contributed by atoms with E-state index in [0.717, 1.165) is 49.0 Å². The number of anilines is 1. The number of carbonyl (C=O) groups excluding carboxylic acids is 1. The van der Waals surface area contributed by atoms with Gasteiger partial charge in [-0.1, -0.05) is 49.6 Å². The SMILES string of the molecule is O=C1NCC2(CCCCC2)n2c1cc1cnc(N[C@@H]3CCCN[C@@H]3c3ccccc3)nc12. The summed E-state index contributed by atoms with van der Waals surface area (Å²) in [5, 5.41) is 11.4. The second-order valence-corrected chi connectivity index (χ2v) is 9.54. The molecule has 2 aromatic heterocycles. The Morgan fingerprint density at radius 1 is 1.09 bits per heavy atom. The highest BCUT2D eigenvalue weighted by Crippen LogP contribution is 2.40. The van der Waals surface area contributed by atoms with Gasteiger partial charge in [0.2, 0.25) is 5.95 Å². The molecule has 1 amide bonds. The van der Waals surface area contributed by atoms with Crippen molar-refractivity contribution in [3.05, 3.63) is 53.9 Å². The Morgan fingerprint density at radius 3 is 2.78 bits per heavy atom. The molecule has 1 aliphatic carbocycles. The minimum absolute atomic E-state index is 0.00525. The third-order valence-corrected chi connectivity index (χ3v) is 7.54. The van der Waals surface area contributed by atoms with Crippen LogP contribution in [0.2, 0.25) is 0 Å². The molecule has 0 unspecified atom stereocenters. The van der Waals surface area contributed by atoms with Gasteiger partial charge < -0.3 is 20.5 Å². The van der Waals surface area contributed by atoms with Gasteiger partial charge in [0.05, 0.1) is 11.6 Å². The van der Waals surface area contributed by atoms with Crippen LogP contribution in [0.25, 0.3) is 11.0 Å². The molecule has 3 aromatic rings. The first-order valence-corrected chi connectivity index (χ1v) is 12.0. The van der Waals surface area contributed by atoms with Crippen LogP contribution >= 0.6 is 0 Å². The van der Waals surface area contributed by atoms with E-state index in [-0.39, 0.29) is 23.5 Å². The first-order chi connectivity index (χ1) is 15.7. The first kappa shape index (κ1) is 19.7. The van der Waals surface area contributed by atoms with E-state index in [2.05, 4.69) is 55.8 Å². The van der Waals surface area contributed by atoms with Gasteiger partial charge in [0, 0.05) is 24.2 Å².